The minimum absolute atomic E-state index is 0.00718. The molecule has 0 unspecified atom stereocenters. The van der Waals surface area contributed by atoms with Gasteiger partial charge in [-0.25, -0.2) is 4.79 Å². The number of aromatic carboxylic acids is 1. The Hall–Kier alpha value is -2.17. The summed E-state index contributed by atoms with van der Waals surface area (Å²) in [6, 6.07) is 5.77. The first-order valence-electron chi connectivity index (χ1n) is 5.70. The van der Waals surface area contributed by atoms with Crippen molar-refractivity contribution < 1.29 is 14.3 Å². The molecule has 0 aliphatic carbocycles. The predicted molar refractivity (Wildman–Crippen MR) is 67.4 cm³/mol. The number of carbonyl (C=O) groups is 1. The third-order valence-electron chi connectivity index (χ3n) is 2.85. The van der Waals surface area contributed by atoms with Gasteiger partial charge in [0.2, 0.25) is 5.76 Å². The van der Waals surface area contributed by atoms with Crippen molar-refractivity contribution in [2.75, 3.05) is 5.43 Å². The lowest BCUT2D eigenvalue weighted by molar-refractivity contribution is 0.0659. The van der Waals surface area contributed by atoms with Gasteiger partial charge in [-0.15, -0.1) is 0 Å². The quantitative estimate of drug-likeness (QED) is 0.872. The molecule has 2 aromatic heterocycles. The van der Waals surface area contributed by atoms with Gasteiger partial charge in [-0.05, 0) is 39.0 Å². The first kappa shape index (κ1) is 12.3. The Morgan fingerprint density at radius 3 is 2.44 bits per heavy atom. The van der Waals surface area contributed by atoms with Gasteiger partial charge >= 0.3 is 5.97 Å². The smallest absolute Gasteiger partial charge is 0.372 e. The van der Waals surface area contributed by atoms with Crippen LogP contribution in [0.15, 0.2) is 22.6 Å². The Labute approximate surface area is 105 Å². The number of nitrogens with zero attached hydrogens (tertiary/aromatic N) is 1. The fourth-order valence-corrected chi connectivity index (χ4v) is 1.92. The molecule has 0 spiro atoms. The van der Waals surface area contributed by atoms with Crippen LogP contribution in [-0.2, 0) is 6.54 Å². The van der Waals surface area contributed by atoms with Crippen molar-refractivity contribution in [1.82, 2.24) is 4.68 Å². The molecular formula is C13H16N2O3. The van der Waals surface area contributed by atoms with Gasteiger partial charge in [-0.2, -0.15) is 0 Å². The van der Waals surface area contributed by atoms with Crippen molar-refractivity contribution >= 4 is 5.97 Å². The van der Waals surface area contributed by atoms with Crippen LogP contribution in [-0.4, -0.2) is 15.8 Å². The third-order valence-corrected chi connectivity index (χ3v) is 2.85. The Bertz CT molecular complexity index is 562. The monoisotopic (exact) mass is 248 g/mol. The van der Waals surface area contributed by atoms with E-state index >= 15 is 0 Å². The van der Waals surface area contributed by atoms with Gasteiger partial charge in [0.25, 0.3) is 0 Å². The maximum Gasteiger partial charge on any atom is 0.372 e. The van der Waals surface area contributed by atoms with Gasteiger partial charge in [-0.3, -0.25) is 4.68 Å². The number of carboxylic acid groups (broad SMARTS) is 1. The molecule has 0 amide bonds. The lowest BCUT2D eigenvalue weighted by atomic mass is 10.2. The van der Waals surface area contributed by atoms with Crippen molar-refractivity contribution in [1.29, 1.82) is 0 Å². The number of rotatable bonds is 4. The van der Waals surface area contributed by atoms with Gasteiger partial charge in [-0.1, -0.05) is 0 Å². The molecule has 0 aliphatic rings. The molecule has 5 heteroatoms. The van der Waals surface area contributed by atoms with Gasteiger partial charge in [0.1, 0.15) is 5.76 Å². The number of aryl methyl sites for hydroxylation is 3. The summed E-state index contributed by atoms with van der Waals surface area (Å²) in [5.74, 6) is -0.419. The van der Waals surface area contributed by atoms with Crippen LogP contribution in [0.4, 0.5) is 0 Å². The summed E-state index contributed by atoms with van der Waals surface area (Å²) in [4.78, 5) is 10.9. The normalized spacial score (nSPS) is 10.6. The van der Waals surface area contributed by atoms with Gasteiger partial charge in [0, 0.05) is 17.0 Å². The summed E-state index contributed by atoms with van der Waals surface area (Å²) in [5, 5.41) is 8.90. The molecule has 18 heavy (non-hydrogen) atoms. The van der Waals surface area contributed by atoms with E-state index in [1.807, 2.05) is 30.7 Å². The summed E-state index contributed by atoms with van der Waals surface area (Å²) in [5.41, 5.74) is 6.01. The maximum absolute atomic E-state index is 10.9. The lowest BCUT2D eigenvalue weighted by Gasteiger charge is -2.10. The highest BCUT2D eigenvalue weighted by Gasteiger charge is 2.14. The zero-order valence-corrected chi connectivity index (χ0v) is 10.7. The first-order chi connectivity index (χ1) is 8.49. The van der Waals surface area contributed by atoms with Crippen LogP contribution in [0.1, 0.15) is 33.3 Å². The van der Waals surface area contributed by atoms with E-state index in [1.165, 1.54) is 0 Å². The number of hydrogen-bond acceptors (Lipinski definition) is 3. The summed E-state index contributed by atoms with van der Waals surface area (Å²) in [6.07, 6.45) is 0. The standard InChI is InChI=1S/C13H16N2O3/c1-8-6-11(18-12(8)13(16)17)7-14-15-9(2)4-5-10(15)3/h4-6,14H,7H2,1-3H3,(H,16,17). The van der Waals surface area contributed by atoms with E-state index < -0.39 is 5.97 Å². The van der Waals surface area contributed by atoms with Crippen LogP contribution < -0.4 is 5.43 Å². The molecule has 0 atom stereocenters. The van der Waals surface area contributed by atoms with Gasteiger partial charge in [0.05, 0.1) is 6.54 Å². The van der Waals surface area contributed by atoms with Crippen LogP contribution in [0.25, 0.3) is 0 Å². The van der Waals surface area contributed by atoms with E-state index in [0.29, 0.717) is 17.9 Å². The average molecular weight is 248 g/mol. The number of carboxylic acids is 1. The molecule has 0 bridgehead atoms. The summed E-state index contributed by atoms with van der Waals surface area (Å²) in [6.45, 7) is 6.17. The van der Waals surface area contributed by atoms with E-state index in [2.05, 4.69) is 5.43 Å². The third kappa shape index (κ3) is 2.25. The minimum Gasteiger partial charge on any atom is -0.475 e. The Balaban J connectivity index is 2.11. The molecule has 2 aromatic rings. The van der Waals surface area contributed by atoms with E-state index in [1.54, 1.807) is 13.0 Å². The highest BCUT2D eigenvalue weighted by atomic mass is 16.4. The molecule has 5 nitrogen and oxygen atoms in total. The fraction of sp³-hybridized carbons (Fsp3) is 0.308. The molecule has 96 valence electrons. The second-order valence-electron chi connectivity index (χ2n) is 4.32. The Kier molecular flexibility index (Phi) is 3.14. The van der Waals surface area contributed by atoms with Crippen molar-refractivity contribution in [2.45, 2.75) is 27.3 Å². The fourth-order valence-electron chi connectivity index (χ4n) is 1.92. The summed E-state index contributed by atoms with van der Waals surface area (Å²) in [7, 11) is 0. The van der Waals surface area contributed by atoms with Crippen molar-refractivity contribution in [2.24, 2.45) is 0 Å². The van der Waals surface area contributed by atoms with Crippen LogP contribution >= 0.6 is 0 Å². The highest BCUT2D eigenvalue weighted by Crippen LogP contribution is 2.15. The molecule has 0 radical (unpaired) electrons. The number of aromatic nitrogens is 1. The molecule has 2 heterocycles. The van der Waals surface area contributed by atoms with Gasteiger partial charge in [0.15, 0.2) is 0 Å². The highest BCUT2D eigenvalue weighted by molar-refractivity contribution is 5.86. The van der Waals surface area contributed by atoms with E-state index in [-0.39, 0.29) is 5.76 Å². The predicted octanol–water partition coefficient (Wildman–Crippen LogP) is 2.45. The zero-order valence-electron chi connectivity index (χ0n) is 10.7. The van der Waals surface area contributed by atoms with E-state index in [0.717, 1.165) is 11.4 Å². The van der Waals surface area contributed by atoms with Crippen LogP contribution in [0.5, 0.6) is 0 Å². The molecule has 0 aliphatic heterocycles. The zero-order chi connectivity index (χ0) is 13.3. The van der Waals surface area contributed by atoms with Crippen molar-refractivity contribution in [3.63, 3.8) is 0 Å². The largest absolute Gasteiger partial charge is 0.475 e. The second kappa shape index (κ2) is 4.60. The summed E-state index contributed by atoms with van der Waals surface area (Å²) >= 11 is 0. The van der Waals surface area contributed by atoms with Crippen molar-refractivity contribution in [3.05, 3.63) is 46.7 Å². The minimum atomic E-state index is -1.04. The maximum atomic E-state index is 10.9. The van der Waals surface area contributed by atoms with Crippen LogP contribution in [0, 0.1) is 20.8 Å². The number of furan rings is 1. The molecule has 0 aromatic carbocycles. The first-order valence-corrected chi connectivity index (χ1v) is 5.70. The molecule has 0 saturated carbocycles. The Morgan fingerprint density at radius 2 is 1.94 bits per heavy atom. The Morgan fingerprint density at radius 1 is 1.33 bits per heavy atom. The SMILES string of the molecule is Cc1cc(CNn2c(C)ccc2C)oc1C(=O)O. The van der Waals surface area contributed by atoms with Crippen LogP contribution in [0.2, 0.25) is 0 Å². The van der Waals surface area contributed by atoms with Crippen LogP contribution in [0.3, 0.4) is 0 Å². The second-order valence-corrected chi connectivity index (χ2v) is 4.32. The van der Waals surface area contributed by atoms with Gasteiger partial charge < -0.3 is 14.9 Å². The molecule has 2 N–H and O–H groups in total. The molecule has 0 fully saturated rings. The molecule has 0 saturated heterocycles. The van der Waals surface area contributed by atoms with E-state index in [9.17, 15) is 4.79 Å². The summed E-state index contributed by atoms with van der Waals surface area (Å²) < 4.78 is 7.22. The van der Waals surface area contributed by atoms with E-state index in [4.69, 9.17) is 9.52 Å². The topological polar surface area (TPSA) is 67.4 Å². The number of nitrogens with one attached hydrogen (secondary N) is 1. The molecule has 2 rings (SSSR count). The lowest BCUT2D eigenvalue weighted by Crippen LogP contribution is -2.16. The van der Waals surface area contributed by atoms with Crippen molar-refractivity contribution in [3.8, 4) is 0 Å². The number of hydrogen-bond donors (Lipinski definition) is 2. The average Bonchev–Trinajstić information content (AvgIpc) is 2.81. The molecular weight excluding hydrogens is 232 g/mol.